The van der Waals surface area contributed by atoms with Crippen molar-refractivity contribution in [3.05, 3.63) is 0 Å². The van der Waals surface area contributed by atoms with Crippen molar-refractivity contribution in [2.75, 3.05) is 0 Å². The fourth-order valence-corrected chi connectivity index (χ4v) is 1.93. The highest BCUT2D eigenvalue weighted by Crippen LogP contribution is 2.22. The van der Waals surface area contributed by atoms with E-state index in [0.717, 1.165) is 25.7 Å². The van der Waals surface area contributed by atoms with Crippen molar-refractivity contribution in [1.29, 1.82) is 0 Å². The van der Waals surface area contributed by atoms with Crippen molar-refractivity contribution >= 4 is 5.97 Å². The summed E-state index contributed by atoms with van der Waals surface area (Å²) in [4.78, 5) is 11.4. The van der Waals surface area contributed by atoms with Gasteiger partial charge in [0.15, 0.2) is 0 Å². The van der Waals surface area contributed by atoms with Crippen LogP contribution in [0.4, 0.5) is 0 Å². The molecule has 0 spiro atoms. The lowest BCUT2D eigenvalue weighted by Gasteiger charge is -2.15. The summed E-state index contributed by atoms with van der Waals surface area (Å²) in [6.45, 7) is 4.16. The Hall–Kier alpha value is -0.530. The zero-order chi connectivity index (χ0) is 10.4. The summed E-state index contributed by atoms with van der Waals surface area (Å²) in [7, 11) is 0. The summed E-state index contributed by atoms with van der Waals surface area (Å²) < 4.78 is 5.43. The van der Waals surface area contributed by atoms with Crippen LogP contribution >= 0.6 is 0 Å². The monoisotopic (exact) mass is 198 g/mol. The fraction of sp³-hybridized carbons (Fsp3) is 0.917. The molecule has 2 heteroatoms. The summed E-state index contributed by atoms with van der Waals surface area (Å²) >= 11 is 0. The van der Waals surface area contributed by atoms with Gasteiger partial charge in [-0.05, 0) is 32.1 Å². The highest BCUT2D eigenvalue weighted by Gasteiger charge is 2.23. The molecule has 0 bridgehead atoms. The quantitative estimate of drug-likeness (QED) is 0.512. The maximum atomic E-state index is 11.4. The number of hydrogen-bond donors (Lipinski definition) is 0. The van der Waals surface area contributed by atoms with Gasteiger partial charge in [-0.2, -0.15) is 0 Å². The third-order valence-electron chi connectivity index (χ3n) is 2.98. The molecule has 1 saturated heterocycles. The average molecular weight is 198 g/mol. The van der Waals surface area contributed by atoms with Gasteiger partial charge >= 0.3 is 5.97 Å². The number of carbonyl (C=O) groups is 1. The number of hydrogen-bond acceptors (Lipinski definition) is 2. The molecule has 0 radical (unpaired) electrons. The largest absolute Gasteiger partial charge is 0.462 e. The summed E-state index contributed by atoms with van der Waals surface area (Å²) in [5.41, 5.74) is 0. The molecule has 1 heterocycles. The van der Waals surface area contributed by atoms with E-state index in [1.807, 2.05) is 6.92 Å². The van der Waals surface area contributed by atoms with Gasteiger partial charge in [0.25, 0.3) is 0 Å². The summed E-state index contributed by atoms with van der Waals surface area (Å²) in [6.07, 6.45) is 8.17. The Bertz CT molecular complexity index is 177. The Morgan fingerprint density at radius 1 is 1.36 bits per heavy atom. The van der Waals surface area contributed by atoms with Crippen molar-refractivity contribution in [3.63, 3.8) is 0 Å². The molecule has 2 unspecified atom stereocenters. The van der Waals surface area contributed by atoms with E-state index in [-0.39, 0.29) is 18.0 Å². The Labute approximate surface area is 87.0 Å². The molecule has 2 atom stereocenters. The minimum absolute atomic E-state index is 0.0176. The van der Waals surface area contributed by atoms with Gasteiger partial charge in [0.05, 0.1) is 5.92 Å². The molecule has 1 rings (SSSR count). The normalized spacial score (nSPS) is 28.3. The first-order chi connectivity index (χ1) is 6.74. The van der Waals surface area contributed by atoms with Gasteiger partial charge in [0.1, 0.15) is 6.10 Å². The molecule has 0 N–H and O–H groups in total. The van der Waals surface area contributed by atoms with Crippen LogP contribution in [0.3, 0.4) is 0 Å². The lowest BCUT2D eigenvalue weighted by Crippen LogP contribution is -2.19. The number of rotatable bonds is 4. The van der Waals surface area contributed by atoms with Crippen LogP contribution in [-0.4, -0.2) is 12.1 Å². The molecule has 0 aliphatic carbocycles. The number of cyclic esters (lactones) is 1. The maximum absolute atomic E-state index is 11.4. The lowest BCUT2D eigenvalue weighted by molar-refractivity contribution is -0.152. The number of esters is 1. The first-order valence-corrected chi connectivity index (χ1v) is 5.94. The van der Waals surface area contributed by atoms with E-state index < -0.39 is 0 Å². The second-order valence-corrected chi connectivity index (χ2v) is 4.39. The number of carbonyl (C=O) groups excluding carboxylic acids is 1. The van der Waals surface area contributed by atoms with Crippen LogP contribution in [0.15, 0.2) is 0 Å². The smallest absolute Gasteiger partial charge is 0.308 e. The van der Waals surface area contributed by atoms with Crippen molar-refractivity contribution in [2.24, 2.45) is 5.92 Å². The zero-order valence-electron chi connectivity index (χ0n) is 9.42. The molecule has 14 heavy (non-hydrogen) atoms. The highest BCUT2D eigenvalue weighted by atomic mass is 16.5. The van der Waals surface area contributed by atoms with E-state index in [9.17, 15) is 4.79 Å². The van der Waals surface area contributed by atoms with Crippen LogP contribution < -0.4 is 0 Å². The van der Waals surface area contributed by atoms with Crippen LogP contribution in [0, 0.1) is 5.92 Å². The van der Waals surface area contributed by atoms with Crippen LogP contribution in [0.2, 0.25) is 0 Å². The maximum Gasteiger partial charge on any atom is 0.308 e. The average Bonchev–Trinajstić information content (AvgIpc) is 2.31. The van der Waals surface area contributed by atoms with Crippen LogP contribution in [0.1, 0.15) is 58.8 Å². The molecule has 82 valence electrons. The molecule has 1 aliphatic rings. The molecule has 0 aromatic carbocycles. The van der Waals surface area contributed by atoms with E-state index in [4.69, 9.17) is 4.74 Å². The molecule has 1 fully saturated rings. The molecule has 0 saturated carbocycles. The third-order valence-corrected chi connectivity index (χ3v) is 2.98. The minimum Gasteiger partial charge on any atom is -0.462 e. The molecule has 1 aliphatic heterocycles. The van der Waals surface area contributed by atoms with E-state index in [2.05, 4.69) is 6.92 Å². The summed E-state index contributed by atoms with van der Waals surface area (Å²) in [6, 6.07) is 0. The van der Waals surface area contributed by atoms with Gasteiger partial charge in [-0.25, -0.2) is 0 Å². The Balaban J connectivity index is 2.27. The van der Waals surface area contributed by atoms with E-state index in [1.54, 1.807) is 0 Å². The molecule has 2 nitrogen and oxygen atoms in total. The first kappa shape index (κ1) is 11.5. The predicted molar refractivity (Wildman–Crippen MR) is 57.0 cm³/mol. The molecule has 0 aromatic rings. The number of ether oxygens (including phenoxy) is 1. The Morgan fingerprint density at radius 3 is 2.86 bits per heavy atom. The van der Waals surface area contributed by atoms with Crippen LogP contribution in [0.5, 0.6) is 0 Å². The van der Waals surface area contributed by atoms with Gasteiger partial charge in [0.2, 0.25) is 0 Å². The van der Waals surface area contributed by atoms with Gasteiger partial charge in [-0.15, -0.1) is 0 Å². The molecular formula is C12H22O2. The van der Waals surface area contributed by atoms with Crippen molar-refractivity contribution < 1.29 is 9.53 Å². The van der Waals surface area contributed by atoms with Crippen molar-refractivity contribution in [1.82, 2.24) is 0 Å². The van der Waals surface area contributed by atoms with E-state index >= 15 is 0 Å². The second-order valence-electron chi connectivity index (χ2n) is 4.39. The van der Waals surface area contributed by atoms with Gasteiger partial charge in [0, 0.05) is 0 Å². The zero-order valence-corrected chi connectivity index (χ0v) is 9.42. The first-order valence-electron chi connectivity index (χ1n) is 5.94. The molecule has 0 aromatic heterocycles. The second kappa shape index (κ2) is 6.05. The fourth-order valence-electron chi connectivity index (χ4n) is 1.93. The highest BCUT2D eigenvalue weighted by molar-refractivity contribution is 5.72. The Kier molecular flexibility index (Phi) is 4.99. The molecular weight excluding hydrogens is 176 g/mol. The van der Waals surface area contributed by atoms with Gasteiger partial charge in [-0.3, -0.25) is 4.79 Å². The summed E-state index contributed by atoms with van der Waals surface area (Å²) in [5.74, 6) is 0.134. The number of unbranched alkanes of at least 4 members (excludes halogenated alkanes) is 2. The van der Waals surface area contributed by atoms with Crippen LogP contribution in [-0.2, 0) is 9.53 Å². The van der Waals surface area contributed by atoms with E-state index in [0.29, 0.717) is 0 Å². The van der Waals surface area contributed by atoms with Crippen molar-refractivity contribution in [3.8, 4) is 0 Å². The van der Waals surface area contributed by atoms with Crippen molar-refractivity contribution in [2.45, 2.75) is 64.9 Å². The standard InChI is InChI=1S/C12H22O2/c1-3-4-5-8-11-9-6-7-10(2)12(13)14-11/h10-11H,3-9H2,1-2H3. The van der Waals surface area contributed by atoms with Crippen LogP contribution in [0.25, 0.3) is 0 Å². The topological polar surface area (TPSA) is 26.3 Å². The van der Waals surface area contributed by atoms with Gasteiger partial charge in [-0.1, -0.05) is 26.7 Å². The minimum atomic E-state index is 0.0176. The SMILES string of the molecule is CCCCCC1CCCC(C)C(=O)O1. The third kappa shape index (κ3) is 3.69. The Morgan fingerprint density at radius 2 is 2.14 bits per heavy atom. The summed E-state index contributed by atoms with van der Waals surface area (Å²) in [5, 5.41) is 0. The lowest BCUT2D eigenvalue weighted by atomic mass is 10.0. The molecule has 0 amide bonds. The van der Waals surface area contributed by atoms with Gasteiger partial charge < -0.3 is 4.74 Å². The van der Waals surface area contributed by atoms with E-state index in [1.165, 1.54) is 19.3 Å². The predicted octanol–water partition coefficient (Wildman–Crippen LogP) is 3.30.